The molecule has 0 bridgehead atoms. The minimum absolute atomic E-state index is 0.101. The van der Waals surface area contributed by atoms with Crippen molar-refractivity contribution in [2.24, 2.45) is 5.84 Å². The van der Waals surface area contributed by atoms with Crippen LogP contribution in [-0.4, -0.2) is 46.6 Å². The Morgan fingerprint density at radius 1 is 1.58 bits per heavy atom. The van der Waals surface area contributed by atoms with Crippen LogP contribution in [0.15, 0.2) is 12.4 Å². The number of ether oxygens (including phenoxy) is 1. The van der Waals surface area contributed by atoms with E-state index in [0.29, 0.717) is 31.2 Å². The number of amides is 1. The monoisotopic (exact) mass is 265 g/mol. The molecule has 0 spiro atoms. The Morgan fingerprint density at radius 3 is 3.05 bits per heavy atom. The summed E-state index contributed by atoms with van der Waals surface area (Å²) in [6, 6.07) is 0. The highest BCUT2D eigenvalue weighted by Gasteiger charge is 2.23. The molecule has 3 N–H and O–H groups in total. The molecule has 7 heteroatoms. The molecule has 7 nitrogen and oxygen atoms in total. The molecule has 104 valence electrons. The van der Waals surface area contributed by atoms with E-state index in [1.807, 2.05) is 0 Å². The topological polar surface area (TPSA) is 93.4 Å². The van der Waals surface area contributed by atoms with Crippen LogP contribution in [0.4, 0.5) is 5.82 Å². The van der Waals surface area contributed by atoms with Crippen molar-refractivity contribution in [1.82, 2.24) is 14.9 Å². The number of aromatic nitrogens is 2. The van der Waals surface area contributed by atoms with Gasteiger partial charge in [-0.2, -0.15) is 0 Å². The number of rotatable bonds is 3. The van der Waals surface area contributed by atoms with Crippen molar-refractivity contribution in [3.63, 3.8) is 0 Å². The highest BCUT2D eigenvalue weighted by Crippen LogP contribution is 2.11. The minimum Gasteiger partial charge on any atom is -0.376 e. The summed E-state index contributed by atoms with van der Waals surface area (Å²) in [5.41, 5.74) is 2.71. The first-order chi connectivity index (χ1) is 9.24. The van der Waals surface area contributed by atoms with Crippen LogP contribution >= 0.6 is 0 Å². The molecule has 0 radical (unpaired) electrons. The van der Waals surface area contributed by atoms with Gasteiger partial charge < -0.3 is 15.1 Å². The van der Waals surface area contributed by atoms with Crippen molar-refractivity contribution in [3.05, 3.63) is 18.1 Å². The number of carbonyl (C=O) groups excluding carboxylic acids is 1. The average Bonchev–Trinajstić information content (AvgIpc) is 2.72. The number of hydrazine groups is 1. The summed E-state index contributed by atoms with van der Waals surface area (Å²) in [5, 5.41) is 0. The SMILES string of the molecule is CCC1CN(C(=O)c2cnc(NN)cn2)CCCO1. The van der Waals surface area contributed by atoms with E-state index >= 15 is 0 Å². The van der Waals surface area contributed by atoms with Gasteiger partial charge in [0.2, 0.25) is 0 Å². The van der Waals surface area contributed by atoms with Gasteiger partial charge in [-0.25, -0.2) is 15.8 Å². The Morgan fingerprint density at radius 2 is 2.42 bits per heavy atom. The van der Waals surface area contributed by atoms with Gasteiger partial charge in [0.05, 0.1) is 18.5 Å². The van der Waals surface area contributed by atoms with Crippen molar-refractivity contribution in [2.75, 3.05) is 25.1 Å². The molecule has 1 unspecified atom stereocenters. The van der Waals surface area contributed by atoms with E-state index in [-0.39, 0.29) is 12.0 Å². The fourth-order valence-corrected chi connectivity index (χ4v) is 2.00. The van der Waals surface area contributed by atoms with Crippen LogP contribution in [0.25, 0.3) is 0 Å². The van der Waals surface area contributed by atoms with Crippen LogP contribution in [0.1, 0.15) is 30.3 Å². The Hall–Kier alpha value is -1.73. The Kier molecular flexibility index (Phi) is 4.64. The number of anilines is 1. The predicted molar refractivity (Wildman–Crippen MR) is 70.4 cm³/mol. The van der Waals surface area contributed by atoms with Crippen LogP contribution < -0.4 is 11.3 Å². The summed E-state index contributed by atoms with van der Waals surface area (Å²) >= 11 is 0. The van der Waals surface area contributed by atoms with Gasteiger partial charge in [-0.1, -0.05) is 6.92 Å². The van der Waals surface area contributed by atoms with Gasteiger partial charge in [0.1, 0.15) is 5.69 Å². The van der Waals surface area contributed by atoms with Crippen molar-refractivity contribution in [2.45, 2.75) is 25.9 Å². The van der Waals surface area contributed by atoms with E-state index in [0.717, 1.165) is 12.8 Å². The summed E-state index contributed by atoms with van der Waals surface area (Å²) in [7, 11) is 0. The van der Waals surface area contributed by atoms with Gasteiger partial charge in [-0.05, 0) is 12.8 Å². The van der Waals surface area contributed by atoms with Gasteiger partial charge in [0.25, 0.3) is 5.91 Å². The smallest absolute Gasteiger partial charge is 0.274 e. The molecular formula is C12H19N5O2. The van der Waals surface area contributed by atoms with Gasteiger partial charge in [0, 0.05) is 19.7 Å². The lowest BCUT2D eigenvalue weighted by Gasteiger charge is -2.22. The molecule has 1 amide bonds. The van der Waals surface area contributed by atoms with E-state index in [2.05, 4.69) is 22.3 Å². The van der Waals surface area contributed by atoms with E-state index in [4.69, 9.17) is 10.6 Å². The van der Waals surface area contributed by atoms with Gasteiger partial charge >= 0.3 is 0 Å². The lowest BCUT2D eigenvalue weighted by atomic mass is 10.2. The highest BCUT2D eigenvalue weighted by molar-refractivity contribution is 5.92. The lowest BCUT2D eigenvalue weighted by Crippen LogP contribution is -2.37. The van der Waals surface area contributed by atoms with Crippen LogP contribution in [0.3, 0.4) is 0 Å². The molecule has 0 aromatic carbocycles. The maximum absolute atomic E-state index is 12.3. The Balaban J connectivity index is 2.08. The molecule has 0 saturated carbocycles. The van der Waals surface area contributed by atoms with E-state index < -0.39 is 0 Å². The largest absolute Gasteiger partial charge is 0.376 e. The quantitative estimate of drug-likeness (QED) is 0.607. The molecular weight excluding hydrogens is 246 g/mol. The average molecular weight is 265 g/mol. The molecule has 1 aliphatic rings. The molecule has 2 rings (SSSR count). The number of nitrogens with two attached hydrogens (primary N) is 1. The van der Waals surface area contributed by atoms with Crippen LogP contribution in [0.5, 0.6) is 0 Å². The minimum atomic E-state index is -0.111. The maximum atomic E-state index is 12.3. The zero-order valence-corrected chi connectivity index (χ0v) is 11.0. The number of hydrogen-bond acceptors (Lipinski definition) is 6. The first-order valence-electron chi connectivity index (χ1n) is 6.44. The fraction of sp³-hybridized carbons (Fsp3) is 0.583. The third-order valence-electron chi connectivity index (χ3n) is 3.11. The zero-order valence-electron chi connectivity index (χ0n) is 11.0. The predicted octanol–water partition coefficient (Wildman–Crippen LogP) is 0.403. The van der Waals surface area contributed by atoms with Crippen molar-refractivity contribution < 1.29 is 9.53 Å². The van der Waals surface area contributed by atoms with Gasteiger partial charge in [0.15, 0.2) is 5.82 Å². The molecule has 0 aliphatic carbocycles. The standard InChI is InChI=1S/C12H19N5O2/c1-2-9-8-17(4-3-5-19-9)12(18)10-6-15-11(16-13)7-14-10/h6-7,9H,2-5,8,13H2,1H3,(H,15,16). The third kappa shape index (κ3) is 3.39. The summed E-state index contributed by atoms with van der Waals surface area (Å²) in [6.07, 6.45) is 4.72. The normalized spacial score (nSPS) is 19.9. The zero-order chi connectivity index (χ0) is 13.7. The number of carbonyl (C=O) groups is 1. The summed E-state index contributed by atoms with van der Waals surface area (Å²) in [4.78, 5) is 22.2. The molecule has 1 atom stereocenters. The third-order valence-corrected chi connectivity index (χ3v) is 3.11. The Labute approximate surface area is 112 Å². The van der Waals surface area contributed by atoms with Crippen molar-refractivity contribution in [1.29, 1.82) is 0 Å². The lowest BCUT2D eigenvalue weighted by molar-refractivity contribution is 0.0457. The second kappa shape index (κ2) is 6.44. The number of nitrogens with zero attached hydrogens (tertiary/aromatic N) is 3. The number of hydrogen-bond donors (Lipinski definition) is 2. The fourth-order valence-electron chi connectivity index (χ4n) is 2.00. The summed E-state index contributed by atoms with van der Waals surface area (Å²) in [6.45, 7) is 4.05. The molecule has 1 aromatic rings. The highest BCUT2D eigenvalue weighted by atomic mass is 16.5. The molecule has 1 aromatic heterocycles. The molecule has 1 fully saturated rings. The maximum Gasteiger partial charge on any atom is 0.274 e. The number of nitrogens with one attached hydrogen (secondary N) is 1. The van der Waals surface area contributed by atoms with Crippen LogP contribution in [-0.2, 0) is 4.74 Å². The van der Waals surface area contributed by atoms with Crippen LogP contribution in [0, 0.1) is 0 Å². The molecule has 19 heavy (non-hydrogen) atoms. The number of nitrogen functional groups attached to an aromatic ring is 1. The Bertz CT molecular complexity index is 423. The summed E-state index contributed by atoms with van der Waals surface area (Å²) in [5.74, 6) is 5.53. The second-order valence-corrected chi connectivity index (χ2v) is 4.44. The second-order valence-electron chi connectivity index (χ2n) is 4.44. The van der Waals surface area contributed by atoms with Crippen molar-refractivity contribution >= 4 is 11.7 Å². The first-order valence-corrected chi connectivity index (χ1v) is 6.44. The molecule has 1 saturated heterocycles. The van der Waals surface area contributed by atoms with Crippen LogP contribution in [0.2, 0.25) is 0 Å². The molecule has 2 heterocycles. The van der Waals surface area contributed by atoms with E-state index in [1.54, 1.807) is 4.90 Å². The van der Waals surface area contributed by atoms with Gasteiger partial charge in [-0.3, -0.25) is 4.79 Å². The summed E-state index contributed by atoms with van der Waals surface area (Å²) < 4.78 is 5.65. The van der Waals surface area contributed by atoms with Gasteiger partial charge in [-0.15, -0.1) is 0 Å². The van der Waals surface area contributed by atoms with E-state index in [9.17, 15) is 4.79 Å². The molecule has 1 aliphatic heterocycles. The van der Waals surface area contributed by atoms with E-state index in [1.165, 1.54) is 12.4 Å². The first kappa shape index (κ1) is 13.7. The van der Waals surface area contributed by atoms with Crippen molar-refractivity contribution in [3.8, 4) is 0 Å².